The molecule has 4 aromatic rings. The second-order valence-corrected chi connectivity index (χ2v) is 6.34. The second-order valence-electron chi connectivity index (χ2n) is 6.34. The molecule has 3 aromatic heterocycles. The Morgan fingerprint density at radius 3 is 2.54 bits per heavy atom. The summed E-state index contributed by atoms with van der Waals surface area (Å²) >= 11 is 0. The Kier molecular flexibility index (Phi) is 3.57. The van der Waals surface area contributed by atoms with Gasteiger partial charge >= 0.3 is 0 Å². The topological polar surface area (TPSA) is 89.1 Å². The van der Waals surface area contributed by atoms with E-state index in [4.69, 9.17) is 4.98 Å². The summed E-state index contributed by atoms with van der Waals surface area (Å²) < 4.78 is 1.93. The zero-order valence-electron chi connectivity index (χ0n) is 14.6. The van der Waals surface area contributed by atoms with Gasteiger partial charge in [-0.1, -0.05) is 6.08 Å². The lowest BCUT2D eigenvalue weighted by Gasteiger charge is -1.97. The standard InChI is InChI=1S/C19H17N5O2/c1-11-10-12(2)20-18-17(11)19-21-13(3)16(23(19)22-18)9-6-14-4-7-15(8-5-14)24(25)26/h4-10H,1-3H3,(H,20,22)/b9-6+. The third-order valence-corrected chi connectivity index (χ3v) is 4.42. The highest BCUT2D eigenvalue weighted by Gasteiger charge is 2.15. The predicted octanol–water partition coefficient (Wildman–Crippen LogP) is 4.21. The van der Waals surface area contributed by atoms with Crippen LogP contribution in [0.4, 0.5) is 5.69 Å². The van der Waals surface area contributed by atoms with Gasteiger partial charge in [-0.15, -0.1) is 0 Å². The van der Waals surface area contributed by atoms with Crippen LogP contribution in [0.5, 0.6) is 0 Å². The molecule has 0 bridgehead atoms. The van der Waals surface area contributed by atoms with Crippen molar-refractivity contribution in [3.05, 3.63) is 68.7 Å². The zero-order valence-corrected chi connectivity index (χ0v) is 14.6. The number of aromatic amines is 1. The monoisotopic (exact) mass is 347 g/mol. The first-order valence-electron chi connectivity index (χ1n) is 8.21. The number of hydrogen-bond donors (Lipinski definition) is 1. The number of non-ortho nitro benzene ring substituents is 1. The molecule has 4 rings (SSSR count). The molecule has 0 aliphatic rings. The molecule has 7 nitrogen and oxygen atoms in total. The molecular weight excluding hydrogens is 330 g/mol. The molecule has 1 N–H and O–H groups in total. The largest absolute Gasteiger partial charge is 0.275 e. The molecule has 130 valence electrons. The summed E-state index contributed by atoms with van der Waals surface area (Å²) in [5.74, 6) is 0. The van der Waals surface area contributed by atoms with Gasteiger partial charge in [-0.2, -0.15) is 0 Å². The number of nitrogens with zero attached hydrogens (tertiary/aromatic N) is 4. The van der Waals surface area contributed by atoms with Gasteiger partial charge in [-0.3, -0.25) is 15.2 Å². The van der Waals surface area contributed by atoms with Gasteiger partial charge in [0.05, 0.1) is 21.7 Å². The van der Waals surface area contributed by atoms with Crippen LogP contribution in [0, 0.1) is 30.9 Å². The van der Waals surface area contributed by atoms with Gasteiger partial charge in [0.2, 0.25) is 0 Å². The van der Waals surface area contributed by atoms with E-state index in [-0.39, 0.29) is 5.69 Å². The Morgan fingerprint density at radius 1 is 1.12 bits per heavy atom. The fourth-order valence-electron chi connectivity index (χ4n) is 3.21. The summed E-state index contributed by atoms with van der Waals surface area (Å²) in [4.78, 5) is 19.6. The molecule has 0 atom stereocenters. The first-order valence-corrected chi connectivity index (χ1v) is 8.21. The Hall–Kier alpha value is -3.48. The quantitative estimate of drug-likeness (QED) is 0.444. The summed E-state index contributed by atoms with van der Waals surface area (Å²) in [6.45, 7) is 5.98. The fraction of sp³-hybridized carbons (Fsp3) is 0.158. The molecule has 1 aromatic carbocycles. The van der Waals surface area contributed by atoms with Crippen LogP contribution >= 0.6 is 0 Å². The molecule has 0 saturated heterocycles. The molecule has 3 heterocycles. The highest BCUT2D eigenvalue weighted by Crippen LogP contribution is 2.25. The molecule has 0 spiro atoms. The number of rotatable bonds is 3. The van der Waals surface area contributed by atoms with Crippen molar-refractivity contribution in [3.8, 4) is 0 Å². The van der Waals surface area contributed by atoms with Crippen LogP contribution in [0.25, 0.3) is 28.8 Å². The van der Waals surface area contributed by atoms with E-state index in [1.807, 2.05) is 36.6 Å². The Labute approximate surface area is 149 Å². The number of nitro benzene ring substituents is 1. The van der Waals surface area contributed by atoms with Gasteiger partial charge in [0, 0.05) is 17.8 Å². The lowest BCUT2D eigenvalue weighted by molar-refractivity contribution is -0.384. The van der Waals surface area contributed by atoms with Crippen molar-refractivity contribution in [2.45, 2.75) is 20.8 Å². The number of aromatic nitrogens is 4. The van der Waals surface area contributed by atoms with Gasteiger partial charge in [0.15, 0.2) is 11.3 Å². The number of nitrogens with one attached hydrogen (secondary N) is 1. The van der Waals surface area contributed by atoms with Crippen LogP contribution in [0.15, 0.2) is 30.3 Å². The SMILES string of the molecule is Cc1cc(C)c2c(n1)[nH]n1c(/C=C/c3ccc([N+](=O)[O-])cc3)c(C)nc21. The average Bonchev–Trinajstić information content (AvgIpc) is 3.07. The second kappa shape index (κ2) is 5.80. The van der Waals surface area contributed by atoms with Crippen LogP contribution < -0.4 is 0 Å². The van der Waals surface area contributed by atoms with Gasteiger partial charge in [-0.25, -0.2) is 14.5 Å². The number of pyridine rings is 1. The maximum atomic E-state index is 10.8. The van der Waals surface area contributed by atoms with Gasteiger partial charge in [0.1, 0.15) is 0 Å². The molecule has 7 heteroatoms. The van der Waals surface area contributed by atoms with E-state index in [0.29, 0.717) is 0 Å². The van der Waals surface area contributed by atoms with Crippen LogP contribution in [0.1, 0.15) is 28.2 Å². The molecule has 0 amide bonds. The molecule has 0 unspecified atom stereocenters. The number of benzene rings is 1. The average molecular weight is 347 g/mol. The predicted molar refractivity (Wildman–Crippen MR) is 101 cm³/mol. The molecule has 0 aliphatic carbocycles. The zero-order chi connectivity index (χ0) is 18.4. The van der Waals surface area contributed by atoms with Gasteiger partial charge in [0.25, 0.3) is 5.69 Å². The van der Waals surface area contributed by atoms with Crippen molar-refractivity contribution < 1.29 is 4.92 Å². The normalized spacial score (nSPS) is 11.8. The summed E-state index contributed by atoms with van der Waals surface area (Å²) in [5.41, 5.74) is 6.54. The van der Waals surface area contributed by atoms with Crippen molar-refractivity contribution >= 4 is 34.5 Å². The highest BCUT2D eigenvalue weighted by atomic mass is 16.6. The lowest BCUT2D eigenvalue weighted by Crippen LogP contribution is -1.90. The first kappa shape index (κ1) is 16.0. The molecule has 0 radical (unpaired) electrons. The van der Waals surface area contributed by atoms with Crippen LogP contribution in [0.3, 0.4) is 0 Å². The molecule has 0 fully saturated rings. The third kappa shape index (κ3) is 2.54. The van der Waals surface area contributed by atoms with Crippen LogP contribution in [-0.2, 0) is 0 Å². The van der Waals surface area contributed by atoms with E-state index < -0.39 is 4.92 Å². The minimum Gasteiger partial charge on any atom is -0.275 e. The van der Waals surface area contributed by atoms with Gasteiger partial charge < -0.3 is 0 Å². The smallest absolute Gasteiger partial charge is 0.269 e. The van der Waals surface area contributed by atoms with Crippen LogP contribution in [-0.4, -0.2) is 24.5 Å². The van der Waals surface area contributed by atoms with Crippen molar-refractivity contribution in [2.75, 3.05) is 0 Å². The minimum atomic E-state index is -0.403. The minimum absolute atomic E-state index is 0.0811. The van der Waals surface area contributed by atoms with E-state index in [1.165, 1.54) is 12.1 Å². The van der Waals surface area contributed by atoms with Crippen molar-refractivity contribution in [2.24, 2.45) is 0 Å². The number of H-pyrrole nitrogens is 1. The number of imidazole rings is 1. The number of hydrogen-bond acceptors (Lipinski definition) is 4. The lowest BCUT2D eigenvalue weighted by atomic mass is 10.2. The number of fused-ring (bicyclic) bond motifs is 3. The summed E-state index contributed by atoms with van der Waals surface area (Å²) in [6.07, 6.45) is 3.87. The van der Waals surface area contributed by atoms with Crippen molar-refractivity contribution in [1.82, 2.24) is 19.6 Å². The molecule has 0 saturated carbocycles. The molecule has 0 aliphatic heterocycles. The van der Waals surface area contributed by atoms with Gasteiger partial charge in [-0.05, 0) is 56.2 Å². The van der Waals surface area contributed by atoms with Crippen LogP contribution in [0.2, 0.25) is 0 Å². The van der Waals surface area contributed by atoms with E-state index in [9.17, 15) is 10.1 Å². The number of nitro groups is 1. The Balaban J connectivity index is 1.80. The molecule has 26 heavy (non-hydrogen) atoms. The van der Waals surface area contributed by atoms with E-state index in [2.05, 4.69) is 17.0 Å². The molecular formula is C19H17N5O2. The van der Waals surface area contributed by atoms with E-state index in [1.54, 1.807) is 12.1 Å². The summed E-state index contributed by atoms with van der Waals surface area (Å²) in [7, 11) is 0. The van der Waals surface area contributed by atoms with Crippen molar-refractivity contribution in [3.63, 3.8) is 0 Å². The maximum absolute atomic E-state index is 10.8. The maximum Gasteiger partial charge on any atom is 0.269 e. The van der Waals surface area contributed by atoms with E-state index in [0.717, 1.165) is 44.9 Å². The summed E-state index contributed by atoms with van der Waals surface area (Å²) in [5, 5.41) is 15.1. The van der Waals surface area contributed by atoms with Crippen molar-refractivity contribution in [1.29, 1.82) is 0 Å². The Bertz CT molecular complexity index is 1180. The highest BCUT2D eigenvalue weighted by molar-refractivity contribution is 5.94. The van der Waals surface area contributed by atoms with E-state index >= 15 is 0 Å². The summed E-state index contributed by atoms with van der Waals surface area (Å²) in [6, 6.07) is 8.49. The third-order valence-electron chi connectivity index (χ3n) is 4.42. The first-order chi connectivity index (χ1) is 12.4. The Morgan fingerprint density at radius 2 is 1.85 bits per heavy atom. The number of aryl methyl sites for hydroxylation is 3. The fourth-order valence-corrected chi connectivity index (χ4v) is 3.21.